The molecule has 2 amide bonds. The molecule has 42 heavy (non-hydrogen) atoms. The van der Waals surface area contributed by atoms with Crippen molar-refractivity contribution in [2.75, 3.05) is 10.6 Å². The van der Waals surface area contributed by atoms with Gasteiger partial charge in [-0.3, -0.25) is 14.4 Å². The number of halogens is 9. The summed E-state index contributed by atoms with van der Waals surface area (Å²) in [5.41, 5.74) is -2.81. The van der Waals surface area contributed by atoms with E-state index in [1.165, 1.54) is 18.2 Å². The van der Waals surface area contributed by atoms with Gasteiger partial charge in [0, 0.05) is 23.6 Å². The third kappa shape index (κ3) is 6.28. The third-order valence-electron chi connectivity index (χ3n) is 6.48. The maximum absolute atomic E-state index is 14.9. The van der Waals surface area contributed by atoms with E-state index in [-0.39, 0.29) is 27.4 Å². The zero-order valence-electron chi connectivity index (χ0n) is 20.9. The second-order valence-electron chi connectivity index (χ2n) is 9.24. The second-order valence-corrected chi connectivity index (χ2v) is 11.1. The van der Waals surface area contributed by atoms with Crippen molar-refractivity contribution in [3.63, 3.8) is 0 Å². The third-order valence-corrected chi connectivity index (χ3v) is 7.75. The Bertz CT molecular complexity index is 1630. The minimum absolute atomic E-state index is 0.0242. The minimum atomic E-state index is -4.99. The van der Waals surface area contributed by atoms with E-state index in [0.29, 0.717) is 12.1 Å². The van der Waals surface area contributed by atoms with Gasteiger partial charge in [0.2, 0.25) is 11.8 Å². The van der Waals surface area contributed by atoms with Crippen LogP contribution in [0, 0.1) is 23.4 Å². The van der Waals surface area contributed by atoms with Gasteiger partial charge in [-0.05, 0) is 53.6 Å². The molecule has 2 N–H and O–H groups in total. The number of rotatable bonds is 8. The Morgan fingerprint density at radius 1 is 0.952 bits per heavy atom. The summed E-state index contributed by atoms with van der Waals surface area (Å²) in [4.78, 5) is 37.5. The standard InChI is InChI=1S/C28H17Cl3F6N2O3/c1-2-21(41)39-25-19(33)8-4-13(24(25)34)10-20(40)15-11-14(5-6-17(15)29)38-26(42)23-22(27(23,30)31)12-3-7-18(32)16(9-12)28(35,36)37/h2-9,11,22-23H,1,10H2,(H,38,42)(H,39,41)/t22-,23+/m0/s1. The summed E-state index contributed by atoms with van der Waals surface area (Å²) in [5.74, 6) is -8.53. The molecule has 1 aliphatic rings. The number of carbonyl (C=O) groups is 3. The van der Waals surface area contributed by atoms with Gasteiger partial charge in [0.25, 0.3) is 0 Å². The highest BCUT2D eigenvalue weighted by Crippen LogP contribution is 2.65. The molecule has 0 aromatic heterocycles. The van der Waals surface area contributed by atoms with E-state index in [9.17, 15) is 40.7 Å². The Morgan fingerprint density at radius 3 is 2.26 bits per heavy atom. The Labute approximate surface area is 249 Å². The van der Waals surface area contributed by atoms with E-state index in [0.717, 1.165) is 24.3 Å². The molecular formula is C28H17Cl3F6N2O3. The Hall–Kier alpha value is -3.54. The van der Waals surface area contributed by atoms with E-state index in [1.807, 2.05) is 5.32 Å². The molecule has 0 aliphatic heterocycles. The number of hydrogen-bond donors (Lipinski definition) is 2. The van der Waals surface area contributed by atoms with Crippen LogP contribution >= 0.6 is 34.8 Å². The second kappa shape index (κ2) is 11.6. The number of alkyl halides is 5. The van der Waals surface area contributed by atoms with Crippen LogP contribution in [0.25, 0.3) is 0 Å². The van der Waals surface area contributed by atoms with E-state index < -0.39 is 75.1 Å². The van der Waals surface area contributed by atoms with Crippen molar-refractivity contribution in [1.82, 2.24) is 0 Å². The molecule has 1 saturated carbocycles. The number of hydrogen-bond acceptors (Lipinski definition) is 3. The minimum Gasteiger partial charge on any atom is -0.326 e. The van der Waals surface area contributed by atoms with Gasteiger partial charge in [0.15, 0.2) is 11.6 Å². The first-order valence-corrected chi connectivity index (χ1v) is 13.0. The van der Waals surface area contributed by atoms with Gasteiger partial charge in [-0.25, -0.2) is 13.2 Å². The van der Waals surface area contributed by atoms with Crippen LogP contribution in [0.2, 0.25) is 5.02 Å². The van der Waals surface area contributed by atoms with Gasteiger partial charge in [-0.1, -0.05) is 30.3 Å². The van der Waals surface area contributed by atoms with E-state index >= 15 is 0 Å². The molecule has 4 rings (SSSR count). The highest BCUT2D eigenvalue weighted by Gasteiger charge is 2.67. The summed E-state index contributed by atoms with van der Waals surface area (Å²) in [7, 11) is 0. The average molecular weight is 650 g/mol. The van der Waals surface area contributed by atoms with Crippen LogP contribution in [0.1, 0.15) is 33.0 Å². The largest absolute Gasteiger partial charge is 0.419 e. The predicted molar refractivity (Wildman–Crippen MR) is 145 cm³/mol. The molecule has 1 aliphatic carbocycles. The van der Waals surface area contributed by atoms with Crippen LogP contribution < -0.4 is 10.6 Å². The van der Waals surface area contributed by atoms with Crippen molar-refractivity contribution < 1.29 is 40.7 Å². The normalized spacial score (nSPS) is 17.4. The first-order chi connectivity index (χ1) is 19.6. The summed E-state index contributed by atoms with van der Waals surface area (Å²) in [6.45, 7) is 3.20. The van der Waals surface area contributed by atoms with Crippen LogP contribution in [0.15, 0.2) is 61.2 Å². The maximum Gasteiger partial charge on any atom is 0.419 e. The van der Waals surface area contributed by atoms with Crippen molar-refractivity contribution in [3.05, 3.63) is 106 Å². The zero-order valence-corrected chi connectivity index (χ0v) is 23.2. The van der Waals surface area contributed by atoms with Gasteiger partial charge in [-0.2, -0.15) is 13.2 Å². The summed E-state index contributed by atoms with van der Waals surface area (Å²) in [5, 5.41) is 4.38. The molecule has 0 bridgehead atoms. The molecule has 220 valence electrons. The predicted octanol–water partition coefficient (Wildman–Crippen LogP) is 7.85. The number of benzene rings is 3. The molecule has 3 aromatic rings. The highest BCUT2D eigenvalue weighted by atomic mass is 35.5. The van der Waals surface area contributed by atoms with Crippen LogP contribution in [-0.2, 0) is 22.2 Å². The van der Waals surface area contributed by atoms with Crippen molar-refractivity contribution in [3.8, 4) is 0 Å². The molecule has 0 radical (unpaired) electrons. The smallest absolute Gasteiger partial charge is 0.326 e. The summed E-state index contributed by atoms with van der Waals surface area (Å²) in [6.07, 6.45) is -4.79. The molecular weight excluding hydrogens is 633 g/mol. The number of carbonyl (C=O) groups excluding carboxylic acids is 3. The first kappa shape index (κ1) is 31.4. The van der Waals surface area contributed by atoms with Crippen LogP contribution in [0.4, 0.5) is 37.7 Å². The molecule has 3 aromatic carbocycles. The SMILES string of the molecule is C=CC(=O)Nc1c(F)ccc(CC(=O)c2cc(NC(=O)[C@H]3[C@H](c4ccc(F)c(C(F)(F)F)c4)C3(Cl)Cl)ccc2Cl)c1F. The summed E-state index contributed by atoms with van der Waals surface area (Å²) >= 11 is 18.6. The fourth-order valence-corrected chi connectivity index (χ4v) is 5.40. The van der Waals surface area contributed by atoms with Gasteiger partial charge >= 0.3 is 6.18 Å². The van der Waals surface area contributed by atoms with Crippen molar-refractivity contribution in [2.24, 2.45) is 5.92 Å². The Kier molecular flexibility index (Phi) is 8.69. The van der Waals surface area contributed by atoms with Crippen molar-refractivity contribution in [2.45, 2.75) is 22.8 Å². The van der Waals surface area contributed by atoms with Crippen molar-refractivity contribution in [1.29, 1.82) is 0 Å². The quantitative estimate of drug-likeness (QED) is 0.113. The lowest BCUT2D eigenvalue weighted by Crippen LogP contribution is -2.18. The van der Waals surface area contributed by atoms with Crippen LogP contribution in [0.3, 0.4) is 0 Å². The topological polar surface area (TPSA) is 75.3 Å². The number of amides is 2. The van der Waals surface area contributed by atoms with Crippen molar-refractivity contribution >= 4 is 63.8 Å². The fraction of sp³-hybridized carbons (Fsp3) is 0.179. The number of Topliss-reactive ketones (excluding diaryl/α,β-unsaturated/α-hetero) is 1. The molecule has 2 atom stereocenters. The molecule has 5 nitrogen and oxygen atoms in total. The lowest BCUT2D eigenvalue weighted by molar-refractivity contribution is -0.140. The monoisotopic (exact) mass is 648 g/mol. The van der Waals surface area contributed by atoms with E-state index in [2.05, 4.69) is 11.9 Å². The number of nitrogens with one attached hydrogen (secondary N) is 2. The van der Waals surface area contributed by atoms with Crippen LogP contribution in [-0.4, -0.2) is 21.9 Å². The van der Waals surface area contributed by atoms with Gasteiger partial charge in [0.05, 0.1) is 16.5 Å². The molecule has 14 heteroatoms. The Balaban J connectivity index is 1.53. The first-order valence-electron chi connectivity index (χ1n) is 11.8. The zero-order chi connectivity index (χ0) is 31.1. The molecule has 1 fully saturated rings. The molecule has 0 unspecified atom stereocenters. The van der Waals surface area contributed by atoms with E-state index in [1.54, 1.807) is 0 Å². The lowest BCUT2D eigenvalue weighted by Gasteiger charge is -2.12. The number of ketones is 1. The fourth-order valence-electron chi connectivity index (χ4n) is 4.35. The Morgan fingerprint density at radius 2 is 1.62 bits per heavy atom. The van der Waals surface area contributed by atoms with Crippen LogP contribution in [0.5, 0.6) is 0 Å². The highest BCUT2D eigenvalue weighted by molar-refractivity contribution is 6.53. The van der Waals surface area contributed by atoms with Gasteiger partial charge in [-0.15, -0.1) is 23.2 Å². The summed E-state index contributed by atoms with van der Waals surface area (Å²) < 4.78 is 80.3. The summed E-state index contributed by atoms with van der Waals surface area (Å²) in [6, 6.07) is 7.81. The van der Waals surface area contributed by atoms with E-state index in [4.69, 9.17) is 34.8 Å². The average Bonchev–Trinajstić information content (AvgIpc) is 3.50. The van der Waals surface area contributed by atoms with Gasteiger partial charge in [0.1, 0.15) is 21.7 Å². The maximum atomic E-state index is 14.9. The van der Waals surface area contributed by atoms with Gasteiger partial charge < -0.3 is 10.6 Å². The molecule has 0 spiro atoms. The molecule has 0 heterocycles. The lowest BCUT2D eigenvalue weighted by atomic mass is 10.0. The molecule has 0 saturated heterocycles. The number of anilines is 2.